The molecule has 7 heteroatoms. The smallest absolute Gasteiger partial charge is 0.221 e. The SMILES string of the molecule is CC(=O)Nc1cc(C)ccc1OCC(O)CN1CCC(Oc2ccc(Cl)cc2)CC1. The Morgan fingerprint density at radius 1 is 1.23 bits per heavy atom. The second-order valence-corrected chi connectivity index (χ2v) is 8.15. The highest BCUT2D eigenvalue weighted by Crippen LogP contribution is 2.26. The number of carbonyl (C=O) groups is 1. The third-order valence-electron chi connectivity index (χ3n) is 5.00. The molecule has 0 aromatic heterocycles. The predicted molar refractivity (Wildman–Crippen MR) is 119 cm³/mol. The minimum Gasteiger partial charge on any atom is -0.490 e. The Morgan fingerprint density at radius 3 is 2.60 bits per heavy atom. The van der Waals surface area contributed by atoms with Gasteiger partial charge in [-0.3, -0.25) is 4.79 Å². The van der Waals surface area contributed by atoms with Crippen LogP contribution in [0.1, 0.15) is 25.3 Å². The van der Waals surface area contributed by atoms with E-state index in [9.17, 15) is 9.90 Å². The first-order valence-corrected chi connectivity index (χ1v) is 10.6. The molecule has 1 aliphatic heterocycles. The lowest BCUT2D eigenvalue weighted by Gasteiger charge is -2.33. The highest BCUT2D eigenvalue weighted by Gasteiger charge is 2.22. The Balaban J connectivity index is 1.42. The molecule has 2 aromatic carbocycles. The van der Waals surface area contributed by atoms with Crippen molar-refractivity contribution >= 4 is 23.2 Å². The van der Waals surface area contributed by atoms with E-state index in [0.29, 0.717) is 23.0 Å². The van der Waals surface area contributed by atoms with Gasteiger partial charge in [-0.25, -0.2) is 0 Å². The second kappa shape index (κ2) is 10.7. The molecule has 3 rings (SSSR count). The van der Waals surface area contributed by atoms with Crippen molar-refractivity contribution in [1.29, 1.82) is 0 Å². The summed E-state index contributed by atoms with van der Waals surface area (Å²) in [6, 6.07) is 13.0. The summed E-state index contributed by atoms with van der Waals surface area (Å²) in [5.74, 6) is 1.24. The number of ether oxygens (including phenoxy) is 2. The van der Waals surface area contributed by atoms with Crippen molar-refractivity contribution in [2.75, 3.05) is 31.6 Å². The number of β-amino-alcohol motifs (C(OH)–C–C–N with tert-alkyl or cyclic N) is 1. The summed E-state index contributed by atoms with van der Waals surface area (Å²) in [4.78, 5) is 13.6. The van der Waals surface area contributed by atoms with Crippen LogP contribution in [0.5, 0.6) is 11.5 Å². The number of hydrogen-bond acceptors (Lipinski definition) is 5. The zero-order chi connectivity index (χ0) is 21.5. The minimum absolute atomic E-state index is 0.158. The van der Waals surface area contributed by atoms with Crippen molar-refractivity contribution in [3.05, 3.63) is 53.1 Å². The zero-order valence-corrected chi connectivity index (χ0v) is 18.2. The highest BCUT2D eigenvalue weighted by atomic mass is 35.5. The molecular weight excluding hydrogens is 404 g/mol. The van der Waals surface area contributed by atoms with Gasteiger partial charge in [0, 0.05) is 31.6 Å². The first-order chi connectivity index (χ1) is 14.4. The van der Waals surface area contributed by atoms with Crippen LogP contribution in [0.25, 0.3) is 0 Å². The molecule has 1 saturated heterocycles. The first-order valence-electron chi connectivity index (χ1n) is 10.2. The Kier molecular flexibility index (Phi) is 7.96. The van der Waals surface area contributed by atoms with E-state index in [4.69, 9.17) is 21.1 Å². The molecular formula is C23H29ClN2O4. The number of aliphatic hydroxyl groups is 1. The number of nitrogens with one attached hydrogen (secondary N) is 1. The third-order valence-corrected chi connectivity index (χ3v) is 5.25. The number of anilines is 1. The van der Waals surface area contributed by atoms with E-state index < -0.39 is 6.10 Å². The van der Waals surface area contributed by atoms with Crippen LogP contribution in [0.4, 0.5) is 5.69 Å². The fourth-order valence-electron chi connectivity index (χ4n) is 3.51. The molecule has 30 heavy (non-hydrogen) atoms. The Bertz CT molecular complexity index is 836. The number of likely N-dealkylation sites (tertiary alicyclic amines) is 1. The summed E-state index contributed by atoms with van der Waals surface area (Å²) in [6.45, 7) is 5.82. The number of halogens is 1. The largest absolute Gasteiger partial charge is 0.490 e. The number of piperidine rings is 1. The quantitative estimate of drug-likeness (QED) is 0.662. The molecule has 1 atom stereocenters. The van der Waals surface area contributed by atoms with Crippen LogP contribution in [-0.4, -0.2) is 54.4 Å². The molecule has 2 N–H and O–H groups in total. The number of nitrogens with zero attached hydrogens (tertiary/aromatic N) is 1. The normalized spacial score (nSPS) is 16.1. The van der Waals surface area contributed by atoms with Gasteiger partial charge in [0.1, 0.15) is 30.3 Å². The van der Waals surface area contributed by atoms with Crippen molar-refractivity contribution in [1.82, 2.24) is 4.90 Å². The maximum atomic E-state index is 11.4. The molecule has 0 saturated carbocycles. The average molecular weight is 433 g/mol. The van der Waals surface area contributed by atoms with Crippen LogP contribution < -0.4 is 14.8 Å². The number of rotatable bonds is 8. The second-order valence-electron chi connectivity index (χ2n) is 7.72. The summed E-state index contributed by atoms with van der Waals surface area (Å²) in [7, 11) is 0. The van der Waals surface area contributed by atoms with Gasteiger partial charge in [-0.1, -0.05) is 17.7 Å². The lowest BCUT2D eigenvalue weighted by atomic mass is 10.1. The van der Waals surface area contributed by atoms with Crippen LogP contribution in [0, 0.1) is 6.92 Å². The summed E-state index contributed by atoms with van der Waals surface area (Å²) < 4.78 is 11.8. The number of benzene rings is 2. The predicted octanol–water partition coefficient (Wildman–Crippen LogP) is 3.89. The van der Waals surface area contributed by atoms with Gasteiger partial charge >= 0.3 is 0 Å². The lowest BCUT2D eigenvalue weighted by molar-refractivity contribution is -0.114. The van der Waals surface area contributed by atoms with E-state index in [2.05, 4.69) is 10.2 Å². The number of amides is 1. The van der Waals surface area contributed by atoms with Crippen molar-refractivity contribution < 1.29 is 19.4 Å². The molecule has 6 nitrogen and oxygen atoms in total. The van der Waals surface area contributed by atoms with Crippen LogP contribution in [-0.2, 0) is 4.79 Å². The maximum Gasteiger partial charge on any atom is 0.221 e. The van der Waals surface area contributed by atoms with Gasteiger partial charge in [0.25, 0.3) is 0 Å². The zero-order valence-electron chi connectivity index (χ0n) is 17.4. The van der Waals surface area contributed by atoms with Gasteiger partial charge in [0.15, 0.2) is 0 Å². The number of carbonyl (C=O) groups excluding carboxylic acids is 1. The summed E-state index contributed by atoms with van der Waals surface area (Å²) >= 11 is 5.91. The van der Waals surface area contributed by atoms with E-state index in [-0.39, 0.29) is 18.6 Å². The molecule has 0 aliphatic carbocycles. The third kappa shape index (κ3) is 6.90. The number of hydrogen-bond donors (Lipinski definition) is 2. The topological polar surface area (TPSA) is 71.0 Å². The average Bonchev–Trinajstić information content (AvgIpc) is 2.70. The fraction of sp³-hybridized carbons (Fsp3) is 0.435. The van der Waals surface area contributed by atoms with Gasteiger partial charge < -0.3 is 24.8 Å². The van der Waals surface area contributed by atoms with E-state index in [1.165, 1.54) is 6.92 Å². The Hall–Kier alpha value is -2.28. The molecule has 1 fully saturated rings. The van der Waals surface area contributed by atoms with Gasteiger partial charge in [-0.15, -0.1) is 0 Å². The number of aliphatic hydroxyl groups excluding tert-OH is 1. The molecule has 0 spiro atoms. The monoisotopic (exact) mass is 432 g/mol. The molecule has 0 bridgehead atoms. The molecule has 1 heterocycles. The van der Waals surface area contributed by atoms with Gasteiger partial charge in [-0.05, 0) is 61.7 Å². The number of aryl methyl sites for hydroxylation is 1. The first kappa shape index (κ1) is 22.4. The van der Waals surface area contributed by atoms with Gasteiger partial charge in [0.05, 0.1) is 5.69 Å². The molecule has 1 aliphatic rings. The molecule has 1 unspecified atom stereocenters. The van der Waals surface area contributed by atoms with E-state index in [0.717, 1.165) is 37.2 Å². The van der Waals surface area contributed by atoms with Crippen LogP contribution in [0.15, 0.2) is 42.5 Å². The molecule has 162 valence electrons. The van der Waals surface area contributed by atoms with Crippen LogP contribution in [0.2, 0.25) is 5.02 Å². The summed E-state index contributed by atoms with van der Waals surface area (Å²) in [5.41, 5.74) is 1.64. The van der Waals surface area contributed by atoms with Crippen molar-refractivity contribution in [2.45, 2.75) is 38.9 Å². The van der Waals surface area contributed by atoms with Gasteiger partial charge in [0.2, 0.25) is 5.91 Å². The van der Waals surface area contributed by atoms with Crippen molar-refractivity contribution in [2.24, 2.45) is 0 Å². The Morgan fingerprint density at radius 2 is 1.93 bits per heavy atom. The van der Waals surface area contributed by atoms with E-state index >= 15 is 0 Å². The maximum absolute atomic E-state index is 11.4. The molecule has 0 radical (unpaired) electrons. The highest BCUT2D eigenvalue weighted by molar-refractivity contribution is 6.30. The Labute approximate surface area is 182 Å². The van der Waals surface area contributed by atoms with Crippen molar-refractivity contribution in [3.63, 3.8) is 0 Å². The minimum atomic E-state index is -0.620. The van der Waals surface area contributed by atoms with Crippen LogP contribution >= 0.6 is 11.6 Å². The van der Waals surface area contributed by atoms with Crippen molar-refractivity contribution in [3.8, 4) is 11.5 Å². The fourth-order valence-corrected chi connectivity index (χ4v) is 3.64. The molecule has 1 amide bonds. The summed E-state index contributed by atoms with van der Waals surface area (Å²) in [6.07, 6.45) is 1.36. The lowest BCUT2D eigenvalue weighted by Crippen LogP contribution is -2.43. The van der Waals surface area contributed by atoms with Gasteiger partial charge in [-0.2, -0.15) is 0 Å². The standard InChI is InChI=1S/C23H29ClN2O4/c1-16-3-8-23(22(13-16)25-17(2)27)29-15-19(28)14-26-11-9-21(10-12-26)30-20-6-4-18(24)5-7-20/h3-8,13,19,21,28H,9-12,14-15H2,1-2H3,(H,25,27). The van der Waals surface area contributed by atoms with Crippen LogP contribution in [0.3, 0.4) is 0 Å². The van der Waals surface area contributed by atoms with E-state index in [1.807, 2.05) is 49.4 Å². The summed E-state index contributed by atoms with van der Waals surface area (Å²) in [5, 5.41) is 13.9. The van der Waals surface area contributed by atoms with E-state index in [1.54, 1.807) is 0 Å². The molecule has 2 aromatic rings.